The number of unbranched alkanes of at least 4 members (excludes halogenated alkanes) is 1. The summed E-state index contributed by atoms with van der Waals surface area (Å²) in [5, 5.41) is 2.45. The summed E-state index contributed by atoms with van der Waals surface area (Å²) < 4.78 is 5.11. The van der Waals surface area contributed by atoms with Gasteiger partial charge in [-0.15, -0.1) is 0 Å². The van der Waals surface area contributed by atoms with Crippen LogP contribution in [-0.2, 0) is 14.3 Å². The highest BCUT2D eigenvalue weighted by molar-refractivity contribution is 5.87. The van der Waals surface area contributed by atoms with Crippen LogP contribution in [0.15, 0.2) is 0 Å². The van der Waals surface area contributed by atoms with Crippen molar-refractivity contribution in [3.8, 4) is 0 Å². The maximum atomic E-state index is 12.1. The molecule has 11 heteroatoms. The van der Waals surface area contributed by atoms with Gasteiger partial charge in [-0.2, -0.15) is 0 Å². The summed E-state index contributed by atoms with van der Waals surface area (Å²) in [6.07, 6.45) is 0.846. The molecule has 7 N–H and O–H groups in total. The minimum atomic E-state index is -0.914. The molecule has 0 aliphatic rings. The molecule has 0 bridgehead atoms. The number of rotatable bonds is 6. The smallest absolute Gasteiger partial charge is 0.408 e. The molecule has 0 rings (SSSR count). The maximum absolute atomic E-state index is 12.1. The predicted octanol–water partition coefficient (Wildman–Crippen LogP) is -0.610. The number of amides is 5. The van der Waals surface area contributed by atoms with Gasteiger partial charge in [-0.25, -0.2) is 20.4 Å². The van der Waals surface area contributed by atoms with E-state index >= 15 is 0 Å². The third kappa shape index (κ3) is 12.5. The van der Waals surface area contributed by atoms with Crippen molar-refractivity contribution >= 4 is 23.9 Å². The first-order chi connectivity index (χ1) is 11.5. The first kappa shape index (κ1) is 22.4. The molecule has 0 heterocycles. The third-order valence-corrected chi connectivity index (χ3v) is 2.61. The van der Waals surface area contributed by atoms with Crippen LogP contribution in [0.4, 0.5) is 9.59 Å². The van der Waals surface area contributed by atoms with Gasteiger partial charge in [-0.05, 0) is 46.6 Å². The Hall–Kier alpha value is -2.56. The average Bonchev–Trinajstić information content (AvgIpc) is 2.47. The van der Waals surface area contributed by atoms with E-state index in [4.69, 9.17) is 10.5 Å². The van der Waals surface area contributed by atoms with Crippen molar-refractivity contribution in [3.63, 3.8) is 0 Å². The van der Waals surface area contributed by atoms with Crippen molar-refractivity contribution in [2.45, 2.75) is 58.6 Å². The molecule has 144 valence electrons. The second-order valence-corrected chi connectivity index (χ2v) is 6.23. The Kier molecular flexibility index (Phi) is 9.94. The summed E-state index contributed by atoms with van der Waals surface area (Å²) in [4.78, 5) is 46.0. The molecule has 11 nitrogen and oxygen atoms in total. The van der Waals surface area contributed by atoms with Crippen LogP contribution in [0.5, 0.6) is 0 Å². The van der Waals surface area contributed by atoms with E-state index in [2.05, 4.69) is 10.7 Å². The van der Waals surface area contributed by atoms with E-state index in [1.54, 1.807) is 20.8 Å². The Morgan fingerprint density at radius 3 is 2.12 bits per heavy atom. The Balaban J connectivity index is 4.57. The minimum absolute atomic E-state index is 0.317. The van der Waals surface area contributed by atoms with Crippen LogP contribution in [0.3, 0.4) is 0 Å². The normalized spacial score (nSPS) is 11.7. The lowest BCUT2D eigenvalue weighted by Crippen LogP contribution is -2.56. The molecular formula is C14H28N6O5. The highest BCUT2D eigenvalue weighted by Crippen LogP contribution is 2.08. The van der Waals surface area contributed by atoms with E-state index in [9.17, 15) is 19.2 Å². The molecule has 0 aliphatic carbocycles. The van der Waals surface area contributed by atoms with E-state index < -0.39 is 35.6 Å². The van der Waals surface area contributed by atoms with E-state index in [-0.39, 0.29) is 0 Å². The van der Waals surface area contributed by atoms with Crippen LogP contribution in [0.2, 0.25) is 0 Å². The molecule has 0 fully saturated rings. The molecule has 0 unspecified atom stereocenters. The molecule has 0 aromatic carbocycles. The van der Waals surface area contributed by atoms with Crippen LogP contribution in [0.25, 0.3) is 0 Å². The average molecular weight is 360 g/mol. The molecule has 1 atom stereocenters. The number of alkyl carbamates (subject to hydrolysis) is 1. The summed E-state index contributed by atoms with van der Waals surface area (Å²) >= 11 is 0. The van der Waals surface area contributed by atoms with Crippen LogP contribution in [0, 0.1) is 0 Å². The number of hydrogen-bond donors (Lipinski definition) is 6. The lowest BCUT2D eigenvalue weighted by molar-refractivity contribution is -0.124. The fourth-order valence-electron chi connectivity index (χ4n) is 1.59. The summed E-state index contributed by atoms with van der Waals surface area (Å²) in [6, 6.07) is -1.76. The van der Waals surface area contributed by atoms with E-state index in [0.29, 0.717) is 25.8 Å². The van der Waals surface area contributed by atoms with Gasteiger partial charge in [0.25, 0.3) is 5.91 Å². The van der Waals surface area contributed by atoms with E-state index in [1.807, 2.05) is 16.3 Å². The SMILES string of the molecule is CC(=O)NNC(=O)NNC(=O)[C@H](CCCCN)NC(=O)OC(C)(C)C. The van der Waals surface area contributed by atoms with Crippen molar-refractivity contribution in [3.05, 3.63) is 0 Å². The zero-order valence-electron chi connectivity index (χ0n) is 15.0. The molecule has 5 amide bonds. The number of hydrogen-bond acceptors (Lipinski definition) is 6. The maximum Gasteiger partial charge on any atom is 0.408 e. The van der Waals surface area contributed by atoms with Gasteiger partial charge in [-0.1, -0.05) is 0 Å². The lowest BCUT2D eigenvalue weighted by Gasteiger charge is -2.23. The molecule has 0 aromatic rings. The number of carbonyl (C=O) groups is 4. The van der Waals surface area contributed by atoms with E-state index in [0.717, 1.165) is 0 Å². The van der Waals surface area contributed by atoms with Gasteiger partial charge in [-0.3, -0.25) is 20.4 Å². The van der Waals surface area contributed by atoms with Crippen molar-refractivity contribution in [2.24, 2.45) is 5.73 Å². The van der Waals surface area contributed by atoms with Gasteiger partial charge in [0, 0.05) is 6.92 Å². The summed E-state index contributed by atoms with van der Waals surface area (Å²) in [7, 11) is 0. The summed E-state index contributed by atoms with van der Waals surface area (Å²) in [5.41, 5.74) is 13.0. The second kappa shape index (κ2) is 11.1. The zero-order valence-corrected chi connectivity index (χ0v) is 15.0. The summed E-state index contributed by atoms with van der Waals surface area (Å²) in [6.45, 7) is 6.76. The zero-order chi connectivity index (χ0) is 19.5. The molecule has 0 aromatic heterocycles. The number of nitrogens with two attached hydrogens (primary N) is 1. The van der Waals surface area contributed by atoms with Crippen molar-refractivity contribution in [1.29, 1.82) is 0 Å². The monoisotopic (exact) mass is 360 g/mol. The van der Waals surface area contributed by atoms with Gasteiger partial charge in [0.1, 0.15) is 11.6 Å². The topological polar surface area (TPSA) is 164 Å². The van der Waals surface area contributed by atoms with Gasteiger partial charge >= 0.3 is 12.1 Å². The fraction of sp³-hybridized carbons (Fsp3) is 0.714. The number of hydrazine groups is 2. The predicted molar refractivity (Wildman–Crippen MR) is 89.7 cm³/mol. The highest BCUT2D eigenvalue weighted by atomic mass is 16.6. The number of carbonyl (C=O) groups excluding carboxylic acids is 4. The molecule has 0 radical (unpaired) electrons. The van der Waals surface area contributed by atoms with Crippen molar-refractivity contribution in [2.75, 3.05) is 6.54 Å². The number of ether oxygens (including phenoxy) is 1. The minimum Gasteiger partial charge on any atom is -0.444 e. The highest BCUT2D eigenvalue weighted by Gasteiger charge is 2.24. The Bertz CT molecular complexity index is 477. The van der Waals surface area contributed by atoms with Crippen LogP contribution >= 0.6 is 0 Å². The van der Waals surface area contributed by atoms with Crippen LogP contribution < -0.4 is 32.8 Å². The van der Waals surface area contributed by atoms with Gasteiger partial charge < -0.3 is 15.8 Å². The van der Waals surface area contributed by atoms with Crippen molar-refractivity contribution < 1.29 is 23.9 Å². The Labute approximate surface area is 146 Å². The van der Waals surface area contributed by atoms with Crippen molar-refractivity contribution in [1.82, 2.24) is 27.0 Å². The standard InChI is InChI=1S/C14H28N6O5/c1-9(21)17-19-12(23)20-18-11(22)10(7-5-6-8-15)16-13(24)25-14(2,3)4/h10H,5-8,15H2,1-4H3,(H,16,24)(H,17,21)(H,18,22)(H2,19,20,23)/t10-/m0/s1. The summed E-state index contributed by atoms with van der Waals surface area (Å²) in [5.74, 6) is -1.12. The quantitative estimate of drug-likeness (QED) is 0.273. The first-order valence-corrected chi connectivity index (χ1v) is 7.87. The third-order valence-electron chi connectivity index (χ3n) is 2.61. The molecule has 0 saturated carbocycles. The van der Waals surface area contributed by atoms with E-state index in [1.165, 1.54) is 6.92 Å². The number of urea groups is 1. The van der Waals surface area contributed by atoms with Crippen LogP contribution in [-0.4, -0.2) is 42.1 Å². The van der Waals surface area contributed by atoms with Crippen LogP contribution in [0.1, 0.15) is 47.0 Å². The molecular weight excluding hydrogens is 332 g/mol. The van der Waals surface area contributed by atoms with Gasteiger partial charge in [0.05, 0.1) is 0 Å². The molecule has 25 heavy (non-hydrogen) atoms. The largest absolute Gasteiger partial charge is 0.444 e. The Morgan fingerprint density at radius 2 is 1.60 bits per heavy atom. The molecule has 0 saturated heterocycles. The van der Waals surface area contributed by atoms with Gasteiger partial charge in [0.15, 0.2) is 0 Å². The number of nitrogens with one attached hydrogen (secondary N) is 5. The molecule has 0 spiro atoms. The lowest BCUT2D eigenvalue weighted by atomic mass is 10.1. The molecule has 0 aliphatic heterocycles. The second-order valence-electron chi connectivity index (χ2n) is 6.23. The fourth-order valence-corrected chi connectivity index (χ4v) is 1.59. The first-order valence-electron chi connectivity index (χ1n) is 7.87. The van der Waals surface area contributed by atoms with Gasteiger partial charge in [0.2, 0.25) is 5.91 Å². The Morgan fingerprint density at radius 1 is 1.00 bits per heavy atom.